The van der Waals surface area contributed by atoms with Crippen LogP contribution in [-0.2, 0) is 31.9 Å². The van der Waals surface area contributed by atoms with Gasteiger partial charge in [-0.25, -0.2) is 0 Å². The third-order valence-electron chi connectivity index (χ3n) is 6.73. The van der Waals surface area contributed by atoms with E-state index in [1.807, 2.05) is 66.9 Å². The molecule has 0 unspecified atom stereocenters. The number of aromatic hydroxyl groups is 1. The predicted molar refractivity (Wildman–Crippen MR) is 155 cm³/mol. The minimum Gasteiger partial charge on any atom is -0.507 e. The van der Waals surface area contributed by atoms with Gasteiger partial charge in [-0.1, -0.05) is 82.8 Å². The van der Waals surface area contributed by atoms with Crippen LogP contribution in [0.4, 0.5) is 0 Å². The van der Waals surface area contributed by atoms with Crippen LogP contribution < -0.4 is 4.98 Å². The number of hydrogen-bond donors (Lipinski definition) is 1. The Balaban J connectivity index is 0.00000210. The average Bonchev–Trinajstić information content (AvgIpc) is 3.34. The Kier molecular flexibility index (Phi) is 8.97. The summed E-state index contributed by atoms with van der Waals surface area (Å²) in [6.45, 7) is 10.9. The Labute approximate surface area is 246 Å². The molecule has 0 amide bonds. The maximum absolute atomic E-state index is 10.5. The Morgan fingerprint density at radius 2 is 1.41 bits per heavy atom. The maximum Gasteiger partial charge on any atom is 0.122 e. The molecule has 1 N–H and O–H groups in total. The van der Waals surface area contributed by atoms with E-state index in [9.17, 15) is 5.11 Å². The zero-order valence-electron chi connectivity index (χ0n) is 22.2. The normalized spacial score (nSPS) is 11.4. The first kappa shape index (κ1) is 30.0. The first-order valence-corrected chi connectivity index (χ1v) is 12.5. The monoisotopic (exact) mass is 698 g/mol. The van der Waals surface area contributed by atoms with Gasteiger partial charge in [-0.05, 0) is 77.9 Å². The molecule has 6 heteroatoms. The molecule has 3 heterocycles. The van der Waals surface area contributed by atoms with Crippen molar-refractivity contribution in [1.82, 2.24) is 19.9 Å². The van der Waals surface area contributed by atoms with Crippen LogP contribution in [0.5, 0.6) is 5.75 Å². The zero-order chi connectivity index (χ0) is 26.2. The van der Waals surface area contributed by atoms with E-state index in [4.69, 9.17) is 15.0 Å². The molecule has 0 spiro atoms. The molecule has 0 bridgehead atoms. The van der Waals surface area contributed by atoms with Crippen LogP contribution >= 0.6 is 0 Å². The summed E-state index contributed by atoms with van der Waals surface area (Å²) >= 11 is 0. The van der Waals surface area contributed by atoms with Crippen LogP contribution in [-0.4, -0.2) is 20.1 Å². The molecular weight excluding hydrogens is 663 g/mol. The van der Waals surface area contributed by atoms with Gasteiger partial charge in [-0.3, -0.25) is 9.97 Å². The largest absolute Gasteiger partial charge is 0.507 e. The van der Waals surface area contributed by atoms with Gasteiger partial charge < -0.3 is 15.1 Å². The van der Waals surface area contributed by atoms with Crippen LogP contribution in [0, 0.1) is 0 Å². The first-order valence-electron chi connectivity index (χ1n) is 12.5. The van der Waals surface area contributed by atoms with Gasteiger partial charge in [0.25, 0.3) is 0 Å². The molecule has 0 atom stereocenters. The van der Waals surface area contributed by atoms with E-state index in [2.05, 4.69) is 51.7 Å². The van der Waals surface area contributed by atoms with Crippen molar-refractivity contribution in [1.29, 1.82) is 0 Å². The average molecular weight is 699 g/mol. The molecule has 5 aromatic rings. The summed E-state index contributed by atoms with van der Waals surface area (Å²) < 4.78 is 0. The predicted octanol–water partition coefficient (Wildman–Crippen LogP) is 7.79. The summed E-state index contributed by atoms with van der Waals surface area (Å²) in [5.74, 6) is 0.618. The van der Waals surface area contributed by atoms with Crippen molar-refractivity contribution in [3.63, 3.8) is 0 Å². The molecule has 0 radical (unpaired) electrons. The Hall–Kier alpha value is -3.56. The number of rotatable bonds is 5. The quantitative estimate of drug-likeness (QED) is 0.203. The number of pyridine rings is 2. The topological polar surface area (TPSA) is 73.0 Å². The van der Waals surface area contributed by atoms with E-state index in [1.54, 1.807) is 12.1 Å². The molecule has 39 heavy (non-hydrogen) atoms. The standard InChI is InChI=1S/C32H31N4O.CH4.Pt/c1-31(2,3)22-19-24(34-27(20-22)32(4,5)26-17-11-12-18-33-26)29-28(21-13-7-6-8-14-21)35-30(36-29)23-15-9-10-16-25(23)37;;/h6-20H,1-5H3,(H-,34,35,36,37);1H4;/q-1;;. The molecule has 0 fully saturated rings. The maximum atomic E-state index is 10.5. The van der Waals surface area contributed by atoms with Crippen molar-refractivity contribution in [3.05, 3.63) is 108 Å². The number of phenolic OH excluding ortho intramolecular Hbond substituents is 1. The van der Waals surface area contributed by atoms with Crippen LogP contribution in [0.25, 0.3) is 34.0 Å². The summed E-state index contributed by atoms with van der Waals surface area (Å²) in [6.07, 6.45) is 1.82. The van der Waals surface area contributed by atoms with Crippen LogP contribution in [0.1, 0.15) is 59.0 Å². The van der Waals surface area contributed by atoms with Crippen molar-refractivity contribution >= 4 is 0 Å². The fourth-order valence-electron chi connectivity index (χ4n) is 4.37. The van der Waals surface area contributed by atoms with E-state index in [0.717, 1.165) is 33.9 Å². The SMILES string of the molecule is C.CC(C)(C)c1cc(-c2[n-]c(-c3ccccc3O)nc2-c2ccccc2)nc(C(C)(C)c2ccccn2)c1.[Pt]. The van der Waals surface area contributed by atoms with Gasteiger partial charge in [-0.2, -0.15) is 0 Å². The van der Waals surface area contributed by atoms with Gasteiger partial charge in [0.05, 0.1) is 17.1 Å². The third-order valence-corrected chi connectivity index (χ3v) is 6.73. The number of aromatic nitrogens is 4. The Morgan fingerprint density at radius 1 is 0.744 bits per heavy atom. The van der Waals surface area contributed by atoms with E-state index in [0.29, 0.717) is 17.1 Å². The van der Waals surface area contributed by atoms with Crippen molar-refractivity contribution in [2.24, 2.45) is 0 Å². The molecule has 5 rings (SSSR count). The second kappa shape index (κ2) is 11.7. The zero-order valence-corrected chi connectivity index (χ0v) is 24.5. The van der Waals surface area contributed by atoms with E-state index >= 15 is 0 Å². The summed E-state index contributed by atoms with van der Waals surface area (Å²) in [6, 6.07) is 27.4. The fourth-order valence-corrected chi connectivity index (χ4v) is 4.37. The van der Waals surface area contributed by atoms with Crippen LogP contribution in [0.2, 0.25) is 0 Å². The van der Waals surface area contributed by atoms with Crippen molar-refractivity contribution in [2.45, 2.75) is 52.9 Å². The van der Waals surface area contributed by atoms with Gasteiger partial charge >= 0.3 is 0 Å². The number of imidazole rings is 1. The molecule has 0 saturated heterocycles. The number of nitrogens with zero attached hydrogens (tertiary/aromatic N) is 4. The van der Waals surface area contributed by atoms with Crippen LogP contribution in [0.15, 0.2) is 91.1 Å². The molecule has 0 aliphatic carbocycles. The van der Waals surface area contributed by atoms with Crippen molar-refractivity contribution in [2.75, 3.05) is 0 Å². The molecule has 0 saturated carbocycles. The first-order chi connectivity index (χ1) is 17.6. The Bertz CT molecular complexity index is 1540. The van der Waals surface area contributed by atoms with Gasteiger partial charge in [-0.15, -0.1) is 0 Å². The van der Waals surface area contributed by atoms with E-state index < -0.39 is 5.41 Å². The van der Waals surface area contributed by atoms with Gasteiger partial charge in [0.2, 0.25) is 0 Å². The molecule has 2 aromatic carbocycles. The third kappa shape index (κ3) is 6.04. The molecule has 0 aliphatic heterocycles. The smallest absolute Gasteiger partial charge is 0.122 e. The van der Waals surface area contributed by atoms with Crippen LogP contribution in [0.3, 0.4) is 0 Å². The van der Waals surface area contributed by atoms with Crippen molar-refractivity contribution in [3.8, 4) is 39.8 Å². The van der Waals surface area contributed by atoms with Gasteiger partial charge in [0, 0.05) is 38.2 Å². The molecule has 0 aliphatic rings. The van der Waals surface area contributed by atoms with E-state index in [1.165, 1.54) is 0 Å². The number of benzene rings is 2. The molecule has 3 aromatic heterocycles. The summed E-state index contributed by atoms with van der Waals surface area (Å²) in [7, 11) is 0. The number of phenols is 1. The van der Waals surface area contributed by atoms with E-state index in [-0.39, 0.29) is 39.7 Å². The molecule has 5 nitrogen and oxygen atoms in total. The number of hydrogen-bond acceptors (Lipinski definition) is 4. The second-order valence-electron chi connectivity index (χ2n) is 10.8. The van der Waals surface area contributed by atoms with Gasteiger partial charge in [0.1, 0.15) is 5.75 Å². The molecule has 204 valence electrons. The Morgan fingerprint density at radius 3 is 2.05 bits per heavy atom. The summed E-state index contributed by atoms with van der Waals surface area (Å²) in [4.78, 5) is 19.7. The molecular formula is C33H35N4OPt-. The second-order valence-corrected chi connectivity index (χ2v) is 10.8. The summed E-state index contributed by atoms with van der Waals surface area (Å²) in [5.41, 5.74) is 6.19. The minimum atomic E-state index is -0.426. The number of para-hydroxylation sites is 1. The fraction of sp³-hybridized carbons (Fsp3) is 0.242. The van der Waals surface area contributed by atoms with Gasteiger partial charge in [0.15, 0.2) is 0 Å². The minimum absolute atomic E-state index is 0. The van der Waals surface area contributed by atoms with Crippen molar-refractivity contribution < 1.29 is 26.2 Å². The summed E-state index contributed by atoms with van der Waals surface area (Å²) in [5, 5.41) is 10.5.